The summed E-state index contributed by atoms with van der Waals surface area (Å²) < 4.78 is 28.6. The average Bonchev–Trinajstić information content (AvgIpc) is 2.26. The smallest absolute Gasteiger partial charge is 0.387 e. The molecule has 0 aromatic heterocycles. The number of benzene rings is 1. The van der Waals surface area contributed by atoms with Crippen LogP contribution in [0.2, 0.25) is 0 Å². The second-order valence-electron chi connectivity index (χ2n) is 3.27. The van der Waals surface area contributed by atoms with Crippen LogP contribution in [-0.2, 0) is 0 Å². The SMILES string of the molecule is C#CCCC(N)c1ccccc1OC(F)F. The van der Waals surface area contributed by atoms with Gasteiger partial charge in [0.2, 0.25) is 0 Å². The molecule has 0 saturated heterocycles. The van der Waals surface area contributed by atoms with Crippen molar-refractivity contribution in [3.63, 3.8) is 0 Å². The van der Waals surface area contributed by atoms with Gasteiger partial charge in [-0.15, -0.1) is 12.3 Å². The van der Waals surface area contributed by atoms with Crippen LogP contribution in [0, 0.1) is 12.3 Å². The van der Waals surface area contributed by atoms with Crippen molar-refractivity contribution >= 4 is 0 Å². The minimum atomic E-state index is -2.85. The van der Waals surface area contributed by atoms with Crippen LogP contribution in [0.3, 0.4) is 0 Å². The molecule has 1 aromatic rings. The van der Waals surface area contributed by atoms with Crippen LogP contribution in [0.5, 0.6) is 5.75 Å². The zero-order valence-electron chi connectivity index (χ0n) is 8.70. The van der Waals surface area contributed by atoms with Crippen molar-refractivity contribution in [1.29, 1.82) is 0 Å². The summed E-state index contributed by atoms with van der Waals surface area (Å²) in [5, 5.41) is 0. The highest BCUT2D eigenvalue weighted by atomic mass is 19.3. The van der Waals surface area contributed by atoms with Crippen molar-refractivity contribution in [1.82, 2.24) is 0 Å². The number of ether oxygens (including phenoxy) is 1. The summed E-state index contributed by atoms with van der Waals surface area (Å²) in [7, 11) is 0. The maximum atomic E-state index is 12.1. The Morgan fingerprint density at radius 1 is 1.38 bits per heavy atom. The van der Waals surface area contributed by atoms with Crippen LogP contribution >= 0.6 is 0 Å². The number of terminal acetylenes is 1. The molecule has 1 aromatic carbocycles. The van der Waals surface area contributed by atoms with Crippen LogP contribution in [0.15, 0.2) is 24.3 Å². The van der Waals surface area contributed by atoms with Crippen LogP contribution in [-0.4, -0.2) is 6.61 Å². The molecule has 0 bridgehead atoms. The molecule has 0 spiro atoms. The van der Waals surface area contributed by atoms with E-state index in [4.69, 9.17) is 12.2 Å². The van der Waals surface area contributed by atoms with E-state index in [-0.39, 0.29) is 11.8 Å². The average molecular weight is 225 g/mol. The van der Waals surface area contributed by atoms with Gasteiger partial charge in [0.05, 0.1) is 0 Å². The Morgan fingerprint density at radius 3 is 2.69 bits per heavy atom. The second kappa shape index (κ2) is 6.09. The highest BCUT2D eigenvalue weighted by Gasteiger charge is 2.14. The number of halogens is 2. The Morgan fingerprint density at radius 2 is 2.06 bits per heavy atom. The summed E-state index contributed by atoms with van der Waals surface area (Å²) in [6.45, 7) is -2.85. The minimum absolute atomic E-state index is 0.113. The normalized spacial score (nSPS) is 12.2. The first-order chi connectivity index (χ1) is 7.65. The van der Waals surface area contributed by atoms with Crippen LogP contribution in [0.1, 0.15) is 24.4 Å². The highest BCUT2D eigenvalue weighted by Crippen LogP contribution is 2.27. The topological polar surface area (TPSA) is 35.2 Å². The fourth-order valence-corrected chi connectivity index (χ4v) is 1.38. The first-order valence-corrected chi connectivity index (χ1v) is 4.88. The fraction of sp³-hybridized carbons (Fsp3) is 0.333. The molecule has 86 valence electrons. The summed E-state index contributed by atoms with van der Waals surface area (Å²) >= 11 is 0. The highest BCUT2D eigenvalue weighted by molar-refractivity contribution is 5.35. The van der Waals surface area contributed by atoms with E-state index < -0.39 is 6.61 Å². The lowest BCUT2D eigenvalue weighted by Gasteiger charge is -2.15. The van der Waals surface area contributed by atoms with Gasteiger partial charge in [-0.3, -0.25) is 0 Å². The third-order valence-corrected chi connectivity index (χ3v) is 2.13. The summed E-state index contributed by atoms with van der Waals surface area (Å²) in [5.41, 5.74) is 6.39. The third-order valence-electron chi connectivity index (χ3n) is 2.13. The zero-order valence-corrected chi connectivity index (χ0v) is 8.70. The second-order valence-corrected chi connectivity index (χ2v) is 3.27. The van der Waals surface area contributed by atoms with E-state index in [1.54, 1.807) is 18.2 Å². The number of hydrogen-bond acceptors (Lipinski definition) is 2. The molecule has 2 nitrogen and oxygen atoms in total. The molecule has 0 amide bonds. The van der Waals surface area contributed by atoms with Crippen molar-refractivity contribution in [2.24, 2.45) is 5.73 Å². The molecule has 1 unspecified atom stereocenters. The van der Waals surface area contributed by atoms with Crippen molar-refractivity contribution in [3.8, 4) is 18.1 Å². The Kier molecular flexibility index (Phi) is 4.74. The predicted molar refractivity (Wildman–Crippen MR) is 58.1 cm³/mol. The van der Waals surface area contributed by atoms with Gasteiger partial charge in [-0.2, -0.15) is 8.78 Å². The lowest BCUT2D eigenvalue weighted by molar-refractivity contribution is -0.0506. The molecule has 0 saturated carbocycles. The lowest BCUT2D eigenvalue weighted by Crippen LogP contribution is -2.13. The van der Waals surface area contributed by atoms with Gasteiger partial charge < -0.3 is 10.5 Å². The van der Waals surface area contributed by atoms with Gasteiger partial charge in [0.1, 0.15) is 5.75 Å². The number of hydrogen-bond donors (Lipinski definition) is 1. The van der Waals surface area contributed by atoms with E-state index in [0.29, 0.717) is 18.4 Å². The number of para-hydroxylation sites is 1. The first-order valence-electron chi connectivity index (χ1n) is 4.88. The van der Waals surface area contributed by atoms with E-state index in [1.165, 1.54) is 6.07 Å². The van der Waals surface area contributed by atoms with Crippen LogP contribution < -0.4 is 10.5 Å². The van der Waals surface area contributed by atoms with Crippen molar-refractivity contribution in [3.05, 3.63) is 29.8 Å². The van der Waals surface area contributed by atoms with Gasteiger partial charge >= 0.3 is 6.61 Å². The molecule has 0 heterocycles. The Balaban J connectivity index is 2.81. The lowest BCUT2D eigenvalue weighted by atomic mass is 10.0. The molecule has 16 heavy (non-hydrogen) atoms. The molecule has 0 radical (unpaired) electrons. The molecule has 1 atom stereocenters. The molecule has 4 heteroatoms. The monoisotopic (exact) mass is 225 g/mol. The standard InChI is InChI=1S/C12H13F2NO/c1-2-3-7-10(15)9-6-4-5-8-11(9)16-12(13)14/h1,4-6,8,10,12H,3,7,15H2. The minimum Gasteiger partial charge on any atom is -0.434 e. The van der Waals surface area contributed by atoms with Crippen LogP contribution in [0.25, 0.3) is 0 Å². The van der Waals surface area contributed by atoms with E-state index in [2.05, 4.69) is 10.7 Å². The van der Waals surface area contributed by atoms with Crippen molar-refractivity contribution in [2.45, 2.75) is 25.5 Å². The van der Waals surface area contributed by atoms with Crippen LogP contribution in [0.4, 0.5) is 8.78 Å². The van der Waals surface area contributed by atoms with Gasteiger partial charge in [-0.25, -0.2) is 0 Å². The Hall–Kier alpha value is -1.60. The molecular formula is C12H13F2NO. The molecule has 0 aliphatic carbocycles. The number of alkyl halides is 2. The molecule has 2 N–H and O–H groups in total. The molecule has 0 aliphatic heterocycles. The summed E-state index contributed by atoms with van der Waals surface area (Å²) in [5.74, 6) is 2.57. The zero-order chi connectivity index (χ0) is 12.0. The van der Waals surface area contributed by atoms with E-state index >= 15 is 0 Å². The molecule has 0 fully saturated rings. The van der Waals surface area contributed by atoms with Crippen molar-refractivity contribution in [2.75, 3.05) is 0 Å². The summed E-state index contributed by atoms with van der Waals surface area (Å²) in [6, 6.07) is 6.10. The Labute approximate surface area is 93.4 Å². The number of nitrogens with two attached hydrogens (primary N) is 1. The molecular weight excluding hydrogens is 212 g/mol. The van der Waals surface area contributed by atoms with Crippen molar-refractivity contribution < 1.29 is 13.5 Å². The summed E-state index contributed by atoms with van der Waals surface area (Å²) in [4.78, 5) is 0. The Bertz CT molecular complexity index is 374. The maximum absolute atomic E-state index is 12.1. The quantitative estimate of drug-likeness (QED) is 0.782. The van der Waals surface area contributed by atoms with E-state index in [0.717, 1.165) is 0 Å². The van der Waals surface area contributed by atoms with Gasteiger partial charge in [0, 0.05) is 18.0 Å². The van der Waals surface area contributed by atoms with E-state index in [9.17, 15) is 8.78 Å². The van der Waals surface area contributed by atoms with E-state index in [1.807, 2.05) is 0 Å². The van der Waals surface area contributed by atoms with Gasteiger partial charge in [-0.1, -0.05) is 18.2 Å². The third kappa shape index (κ3) is 3.52. The largest absolute Gasteiger partial charge is 0.434 e. The van der Waals surface area contributed by atoms with Gasteiger partial charge in [0.25, 0.3) is 0 Å². The van der Waals surface area contributed by atoms with Gasteiger partial charge in [-0.05, 0) is 12.5 Å². The first kappa shape index (κ1) is 12.5. The number of rotatable bonds is 5. The summed E-state index contributed by atoms with van der Waals surface area (Å²) in [6.07, 6.45) is 6.16. The fourth-order valence-electron chi connectivity index (χ4n) is 1.38. The predicted octanol–water partition coefficient (Wildman–Crippen LogP) is 2.70. The van der Waals surface area contributed by atoms with Gasteiger partial charge in [0.15, 0.2) is 0 Å². The molecule has 0 aliphatic rings. The molecule has 1 rings (SSSR count). The maximum Gasteiger partial charge on any atom is 0.387 e.